The van der Waals surface area contributed by atoms with Crippen molar-refractivity contribution in [2.75, 3.05) is 30.0 Å². The Hall–Kier alpha value is -2.87. The van der Waals surface area contributed by atoms with Crippen molar-refractivity contribution in [2.45, 2.75) is 17.7 Å². The van der Waals surface area contributed by atoms with Crippen molar-refractivity contribution in [1.29, 1.82) is 0 Å². The minimum absolute atomic E-state index is 0.151. The fourth-order valence-corrected chi connectivity index (χ4v) is 3.82. The molecule has 0 unspecified atom stereocenters. The van der Waals surface area contributed by atoms with Crippen molar-refractivity contribution in [2.24, 2.45) is 5.92 Å². The van der Waals surface area contributed by atoms with Gasteiger partial charge in [0, 0.05) is 30.7 Å². The molecule has 1 atom stereocenters. The lowest BCUT2D eigenvalue weighted by atomic mass is 9.97. The molecule has 1 saturated heterocycles. The number of piperidine rings is 1. The second-order valence-electron chi connectivity index (χ2n) is 6.87. The number of urea groups is 1. The van der Waals surface area contributed by atoms with Crippen LogP contribution in [0.2, 0.25) is 0 Å². The Balaban J connectivity index is 1.62. The summed E-state index contributed by atoms with van der Waals surface area (Å²) in [6.45, 7) is 0.905. The van der Waals surface area contributed by atoms with Crippen molar-refractivity contribution < 1.29 is 18.0 Å². The highest BCUT2D eigenvalue weighted by Crippen LogP contribution is 2.21. The van der Waals surface area contributed by atoms with E-state index in [1.165, 1.54) is 12.1 Å². The van der Waals surface area contributed by atoms with Crippen LogP contribution in [0, 0.1) is 5.92 Å². The number of hydrogen-bond acceptors (Lipinski definition) is 4. The summed E-state index contributed by atoms with van der Waals surface area (Å²) in [4.78, 5) is 26.9. The molecule has 1 aliphatic heterocycles. The molecule has 2 N–H and O–H groups in total. The van der Waals surface area contributed by atoms with Crippen molar-refractivity contribution in [3.05, 3.63) is 54.6 Å². The van der Waals surface area contributed by atoms with Crippen LogP contribution in [-0.4, -0.2) is 44.6 Å². The monoisotopic (exact) mass is 401 g/mol. The SMILES string of the molecule is CS(=O)(=O)c1cccc(NC(=O)[C@@H]2CCCN(C(=O)Nc3ccccc3)C2)c1. The summed E-state index contributed by atoms with van der Waals surface area (Å²) in [6.07, 6.45) is 2.52. The molecule has 0 aromatic heterocycles. The summed E-state index contributed by atoms with van der Waals surface area (Å²) in [5.41, 5.74) is 1.13. The van der Waals surface area contributed by atoms with E-state index >= 15 is 0 Å². The topological polar surface area (TPSA) is 95.6 Å². The van der Waals surface area contributed by atoms with E-state index in [1.807, 2.05) is 18.2 Å². The Kier molecular flexibility index (Phi) is 5.99. The Morgan fingerprint density at radius 1 is 1.00 bits per heavy atom. The van der Waals surface area contributed by atoms with E-state index in [2.05, 4.69) is 10.6 Å². The quantitative estimate of drug-likeness (QED) is 0.823. The number of anilines is 2. The number of nitrogens with zero attached hydrogens (tertiary/aromatic N) is 1. The van der Waals surface area contributed by atoms with Crippen LogP contribution in [0.4, 0.5) is 16.2 Å². The number of carbonyl (C=O) groups excluding carboxylic acids is 2. The number of carbonyl (C=O) groups is 2. The summed E-state index contributed by atoms with van der Waals surface area (Å²) in [5, 5.41) is 5.61. The van der Waals surface area contributed by atoms with Crippen molar-refractivity contribution >= 4 is 33.2 Å². The van der Waals surface area contributed by atoms with E-state index in [4.69, 9.17) is 0 Å². The predicted octanol–water partition coefficient (Wildman–Crippen LogP) is 2.97. The van der Waals surface area contributed by atoms with E-state index in [0.717, 1.165) is 12.7 Å². The number of benzene rings is 2. The van der Waals surface area contributed by atoms with Gasteiger partial charge in [-0.3, -0.25) is 4.79 Å². The summed E-state index contributed by atoms with van der Waals surface area (Å²) in [6, 6.07) is 15.1. The highest BCUT2D eigenvalue weighted by molar-refractivity contribution is 7.90. The van der Waals surface area contributed by atoms with E-state index in [1.54, 1.807) is 29.2 Å². The molecule has 3 rings (SSSR count). The van der Waals surface area contributed by atoms with Crippen molar-refractivity contribution in [1.82, 2.24) is 4.90 Å². The van der Waals surface area contributed by atoms with E-state index < -0.39 is 9.84 Å². The maximum atomic E-state index is 12.6. The first kappa shape index (κ1) is 19.9. The van der Waals surface area contributed by atoms with Gasteiger partial charge in [0.1, 0.15) is 0 Å². The maximum Gasteiger partial charge on any atom is 0.321 e. The molecule has 0 saturated carbocycles. The molecule has 1 aliphatic rings. The standard InChI is InChI=1S/C20H23N3O4S/c1-28(26,27)18-11-5-10-17(13-18)21-19(24)15-7-6-12-23(14-15)20(25)22-16-8-3-2-4-9-16/h2-5,8-11,13,15H,6-7,12,14H2,1H3,(H,21,24)(H,22,25)/t15-/m1/s1. The highest BCUT2D eigenvalue weighted by Gasteiger charge is 2.28. The lowest BCUT2D eigenvalue weighted by Crippen LogP contribution is -2.45. The van der Waals surface area contributed by atoms with Gasteiger partial charge in [-0.25, -0.2) is 13.2 Å². The first-order valence-corrected chi connectivity index (χ1v) is 10.9. The predicted molar refractivity (Wildman–Crippen MR) is 108 cm³/mol. The summed E-state index contributed by atoms with van der Waals surface area (Å²) < 4.78 is 23.4. The molecule has 148 valence electrons. The van der Waals surface area contributed by atoms with Gasteiger partial charge in [-0.2, -0.15) is 0 Å². The van der Waals surface area contributed by atoms with Gasteiger partial charge in [0.05, 0.1) is 10.8 Å². The molecule has 7 nitrogen and oxygen atoms in total. The lowest BCUT2D eigenvalue weighted by molar-refractivity contribution is -0.121. The molecule has 2 aromatic rings. The Labute approximate surface area is 164 Å². The number of hydrogen-bond donors (Lipinski definition) is 2. The van der Waals surface area contributed by atoms with Gasteiger partial charge in [-0.05, 0) is 43.2 Å². The third kappa shape index (κ3) is 5.10. The molecule has 1 heterocycles. The molecule has 0 spiro atoms. The highest BCUT2D eigenvalue weighted by atomic mass is 32.2. The second-order valence-corrected chi connectivity index (χ2v) is 8.89. The summed E-state index contributed by atoms with van der Waals surface area (Å²) in [7, 11) is -3.35. The van der Waals surface area contributed by atoms with Gasteiger partial charge >= 0.3 is 6.03 Å². The third-order valence-electron chi connectivity index (χ3n) is 4.63. The summed E-state index contributed by atoms with van der Waals surface area (Å²) >= 11 is 0. The lowest BCUT2D eigenvalue weighted by Gasteiger charge is -2.32. The van der Waals surface area contributed by atoms with Crippen LogP contribution in [0.1, 0.15) is 12.8 Å². The number of para-hydroxylation sites is 1. The second kappa shape index (κ2) is 8.43. The zero-order chi connectivity index (χ0) is 20.1. The minimum Gasteiger partial charge on any atom is -0.326 e. The largest absolute Gasteiger partial charge is 0.326 e. The third-order valence-corrected chi connectivity index (χ3v) is 5.74. The zero-order valence-electron chi connectivity index (χ0n) is 15.6. The van der Waals surface area contributed by atoms with Gasteiger partial charge in [0.25, 0.3) is 0 Å². The first-order chi connectivity index (χ1) is 13.3. The van der Waals surface area contributed by atoms with Crippen LogP contribution in [0.3, 0.4) is 0 Å². The van der Waals surface area contributed by atoms with Crippen LogP contribution < -0.4 is 10.6 Å². The average molecular weight is 401 g/mol. The van der Waals surface area contributed by atoms with E-state index in [0.29, 0.717) is 30.9 Å². The van der Waals surface area contributed by atoms with Gasteiger partial charge in [-0.15, -0.1) is 0 Å². The smallest absolute Gasteiger partial charge is 0.321 e. The molecule has 0 radical (unpaired) electrons. The Morgan fingerprint density at radius 2 is 1.71 bits per heavy atom. The normalized spacial score (nSPS) is 17.0. The Morgan fingerprint density at radius 3 is 2.43 bits per heavy atom. The van der Waals surface area contributed by atoms with Crippen LogP contribution in [0.25, 0.3) is 0 Å². The maximum absolute atomic E-state index is 12.6. The van der Waals surface area contributed by atoms with Gasteiger partial charge in [0.2, 0.25) is 5.91 Å². The number of amides is 3. The van der Waals surface area contributed by atoms with E-state index in [-0.39, 0.29) is 22.8 Å². The molecular weight excluding hydrogens is 378 g/mol. The van der Waals surface area contributed by atoms with Crippen LogP contribution in [0.5, 0.6) is 0 Å². The number of sulfone groups is 1. The van der Waals surface area contributed by atoms with E-state index in [9.17, 15) is 18.0 Å². The zero-order valence-corrected chi connectivity index (χ0v) is 16.4. The molecule has 0 bridgehead atoms. The fraction of sp³-hybridized carbons (Fsp3) is 0.300. The van der Waals surface area contributed by atoms with Crippen molar-refractivity contribution in [3.8, 4) is 0 Å². The van der Waals surface area contributed by atoms with Gasteiger partial charge < -0.3 is 15.5 Å². The molecule has 28 heavy (non-hydrogen) atoms. The number of rotatable bonds is 4. The molecular formula is C20H23N3O4S. The Bertz CT molecular complexity index is 960. The number of likely N-dealkylation sites (tertiary alicyclic amines) is 1. The first-order valence-electron chi connectivity index (χ1n) is 9.05. The summed E-state index contributed by atoms with van der Waals surface area (Å²) in [5.74, 6) is -0.569. The molecule has 2 aromatic carbocycles. The molecule has 1 fully saturated rings. The van der Waals surface area contributed by atoms with Crippen molar-refractivity contribution in [3.63, 3.8) is 0 Å². The molecule has 8 heteroatoms. The van der Waals surface area contributed by atoms with Gasteiger partial charge in [0.15, 0.2) is 9.84 Å². The minimum atomic E-state index is -3.35. The van der Waals surface area contributed by atoms with Crippen LogP contribution in [-0.2, 0) is 14.6 Å². The molecule has 3 amide bonds. The number of nitrogens with one attached hydrogen (secondary N) is 2. The van der Waals surface area contributed by atoms with Crippen LogP contribution in [0.15, 0.2) is 59.5 Å². The fourth-order valence-electron chi connectivity index (χ4n) is 3.15. The van der Waals surface area contributed by atoms with Gasteiger partial charge in [-0.1, -0.05) is 24.3 Å². The molecule has 0 aliphatic carbocycles. The van der Waals surface area contributed by atoms with Crippen LogP contribution >= 0.6 is 0 Å². The average Bonchev–Trinajstić information content (AvgIpc) is 2.68.